The molecule has 3 N–H and O–H groups in total. The maximum absolute atomic E-state index is 11.5. The smallest absolute Gasteiger partial charge is 0.236 e. The molecule has 0 aromatic heterocycles. The second-order valence-electron chi connectivity index (χ2n) is 4.55. The van der Waals surface area contributed by atoms with Crippen molar-refractivity contribution in [2.75, 3.05) is 19.6 Å². The SMILES string of the molecule is CCCC(N)C(=O)NCCN(CC)C1CC1. The zero-order valence-corrected chi connectivity index (χ0v) is 10.5. The lowest BCUT2D eigenvalue weighted by Gasteiger charge is -2.20. The van der Waals surface area contributed by atoms with Crippen LogP contribution in [-0.2, 0) is 4.79 Å². The fraction of sp³-hybridized carbons (Fsp3) is 0.917. The molecule has 1 atom stereocenters. The molecule has 1 aliphatic rings. The van der Waals surface area contributed by atoms with Gasteiger partial charge in [0.1, 0.15) is 0 Å². The third-order valence-corrected chi connectivity index (χ3v) is 3.10. The molecule has 1 unspecified atom stereocenters. The summed E-state index contributed by atoms with van der Waals surface area (Å²) in [6, 6.07) is 0.437. The van der Waals surface area contributed by atoms with E-state index in [2.05, 4.69) is 17.1 Å². The third-order valence-electron chi connectivity index (χ3n) is 3.10. The van der Waals surface area contributed by atoms with Crippen LogP contribution in [0.1, 0.15) is 39.5 Å². The number of amides is 1. The van der Waals surface area contributed by atoms with E-state index in [1.807, 2.05) is 6.92 Å². The van der Waals surface area contributed by atoms with Gasteiger partial charge < -0.3 is 11.1 Å². The Morgan fingerprint density at radius 2 is 2.19 bits per heavy atom. The molecule has 1 amide bonds. The quantitative estimate of drug-likeness (QED) is 0.642. The Kier molecular flexibility index (Phi) is 5.77. The molecule has 4 nitrogen and oxygen atoms in total. The summed E-state index contributed by atoms with van der Waals surface area (Å²) in [5.41, 5.74) is 5.72. The number of nitrogens with two attached hydrogens (primary N) is 1. The number of nitrogens with zero attached hydrogens (tertiary/aromatic N) is 1. The fourth-order valence-electron chi connectivity index (χ4n) is 1.93. The van der Waals surface area contributed by atoms with Gasteiger partial charge in [0.25, 0.3) is 0 Å². The highest BCUT2D eigenvalue weighted by Gasteiger charge is 2.27. The molecule has 1 aliphatic carbocycles. The topological polar surface area (TPSA) is 58.4 Å². The first-order chi connectivity index (χ1) is 7.69. The number of hydrogen-bond donors (Lipinski definition) is 2. The Hall–Kier alpha value is -0.610. The van der Waals surface area contributed by atoms with Crippen molar-refractivity contribution in [3.63, 3.8) is 0 Å². The largest absolute Gasteiger partial charge is 0.353 e. The van der Waals surface area contributed by atoms with E-state index in [1.54, 1.807) is 0 Å². The summed E-state index contributed by atoms with van der Waals surface area (Å²) < 4.78 is 0. The zero-order chi connectivity index (χ0) is 12.0. The minimum atomic E-state index is -0.332. The van der Waals surface area contributed by atoms with Crippen LogP contribution in [0.5, 0.6) is 0 Å². The van der Waals surface area contributed by atoms with Gasteiger partial charge in [-0.15, -0.1) is 0 Å². The lowest BCUT2D eigenvalue weighted by molar-refractivity contribution is -0.122. The molecule has 1 rings (SSSR count). The van der Waals surface area contributed by atoms with Gasteiger partial charge in [0, 0.05) is 19.1 Å². The first-order valence-corrected chi connectivity index (χ1v) is 6.46. The fourth-order valence-corrected chi connectivity index (χ4v) is 1.93. The molecule has 0 spiro atoms. The average Bonchev–Trinajstić information content (AvgIpc) is 3.08. The number of carbonyl (C=O) groups is 1. The first-order valence-electron chi connectivity index (χ1n) is 6.46. The van der Waals surface area contributed by atoms with Crippen molar-refractivity contribution in [3.05, 3.63) is 0 Å². The number of likely N-dealkylation sites (N-methyl/N-ethyl adjacent to an activating group) is 1. The summed E-state index contributed by atoms with van der Waals surface area (Å²) in [6.45, 7) is 6.95. The molecule has 1 fully saturated rings. The van der Waals surface area contributed by atoms with Gasteiger partial charge >= 0.3 is 0 Å². The van der Waals surface area contributed by atoms with Gasteiger partial charge in [0.2, 0.25) is 5.91 Å². The number of rotatable bonds is 8. The lowest BCUT2D eigenvalue weighted by atomic mass is 10.2. The molecule has 0 saturated heterocycles. The molecule has 94 valence electrons. The van der Waals surface area contributed by atoms with Gasteiger partial charge in [0.05, 0.1) is 6.04 Å². The maximum atomic E-state index is 11.5. The lowest BCUT2D eigenvalue weighted by Crippen LogP contribution is -2.43. The van der Waals surface area contributed by atoms with Crippen molar-refractivity contribution in [2.24, 2.45) is 5.73 Å². The third kappa shape index (κ3) is 4.49. The van der Waals surface area contributed by atoms with E-state index in [4.69, 9.17) is 5.73 Å². The highest BCUT2D eigenvalue weighted by atomic mass is 16.2. The summed E-state index contributed by atoms with van der Waals surface area (Å²) >= 11 is 0. The first kappa shape index (κ1) is 13.5. The molecule has 1 saturated carbocycles. The van der Waals surface area contributed by atoms with E-state index < -0.39 is 0 Å². The summed E-state index contributed by atoms with van der Waals surface area (Å²) in [4.78, 5) is 14.0. The van der Waals surface area contributed by atoms with E-state index in [0.717, 1.165) is 38.5 Å². The van der Waals surface area contributed by atoms with Crippen molar-refractivity contribution in [3.8, 4) is 0 Å². The van der Waals surface area contributed by atoms with Gasteiger partial charge in [-0.1, -0.05) is 20.3 Å². The van der Waals surface area contributed by atoms with Crippen molar-refractivity contribution in [1.82, 2.24) is 10.2 Å². The standard InChI is InChI=1S/C12H25N3O/c1-3-5-11(13)12(16)14-8-9-15(4-2)10-6-7-10/h10-11H,3-9,13H2,1-2H3,(H,14,16). The monoisotopic (exact) mass is 227 g/mol. The van der Waals surface area contributed by atoms with Crippen LogP contribution < -0.4 is 11.1 Å². The van der Waals surface area contributed by atoms with Gasteiger partial charge in [0.15, 0.2) is 0 Å². The van der Waals surface area contributed by atoms with Crippen molar-refractivity contribution >= 4 is 5.91 Å². The van der Waals surface area contributed by atoms with E-state index in [1.165, 1.54) is 12.8 Å². The molecule has 0 aliphatic heterocycles. The minimum absolute atomic E-state index is 0.00583. The summed E-state index contributed by atoms with van der Waals surface area (Å²) in [5, 5.41) is 2.91. The van der Waals surface area contributed by atoms with Gasteiger partial charge in [-0.3, -0.25) is 9.69 Å². The van der Waals surface area contributed by atoms with E-state index in [0.29, 0.717) is 0 Å². The second-order valence-corrected chi connectivity index (χ2v) is 4.55. The molecule has 16 heavy (non-hydrogen) atoms. The van der Waals surface area contributed by atoms with Crippen LogP contribution in [0, 0.1) is 0 Å². The van der Waals surface area contributed by atoms with Crippen LogP contribution >= 0.6 is 0 Å². The van der Waals surface area contributed by atoms with Gasteiger partial charge in [-0.2, -0.15) is 0 Å². The normalized spacial score (nSPS) is 17.5. The molecular formula is C12H25N3O. The molecule has 0 aromatic carbocycles. The zero-order valence-electron chi connectivity index (χ0n) is 10.5. The Balaban J connectivity index is 2.11. The Labute approximate surface area is 98.6 Å². The molecule has 0 heterocycles. The summed E-state index contributed by atoms with van der Waals surface area (Å²) in [6.07, 6.45) is 4.36. The van der Waals surface area contributed by atoms with Crippen LogP contribution in [0.2, 0.25) is 0 Å². The molecule has 0 radical (unpaired) electrons. The van der Waals surface area contributed by atoms with Crippen molar-refractivity contribution in [2.45, 2.75) is 51.6 Å². The maximum Gasteiger partial charge on any atom is 0.236 e. The van der Waals surface area contributed by atoms with Crippen LogP contribution in [0.15, 0.2) is 0 Å². The van der Waals surface area contributed by atoms with Crippen LogP contribution in [0.25, 0.3) is 0 Å². The second kappa shape index (κ2) is 6.86. The summed E-state index contributed by atoms with van der Waals surface area (Å²) in [7, 11) is 0. The predicted molar refractivity (Wildman–Crippen MR) is 66.2 cm³/mol. The molecular weight excluding hydrogens is 202 g/mol. The van der Waals surface area contributed by atoms with E-state index >= 15 is 0 Å². The van der Waals surface area contributed by atoms with Crippen LogP contribution in [0.4, 0.5) is 0 Å². The van der Waals surface area contributed by atoms with E-state index in [-0.39, 0.29) is 11.9 Å². The minimum Gasteiger partial charge on any atom is -0.353 e. The molecule has 4 heteroatoms. The Morgan fingerprint density at radius 3 is 2.69 bits per heavy atom. The average molecular weight is 227 g/mol. The highest BCUT2D eigenvalue weighted by Crippen LogP contribution is 2.25. The van der Waals surface area contributed by atoms with Gasteiger partial charge in [-0.25, -0.2) is 0 Å². The van der Waals surface area contributed by atoms with Crippen LogP contribution in [-0.4, -0.2) is 42.5 Å². The highest BCUT2D eigenvalue weighted by molar-refractivity contribution is 5.81. The number of hydrogen-bond acceptors (Lipinski definition) is 3. The Morgan fingerprint density at radius 1 is 1.50 bits per heavy atom. The molecule has 0 bridgehead atoms. The van der Waals surface area contributed by atoms with Crippen molar-refractivity contribution < 1.29 is 4.79 Å². The predicted octanol–water partition coefficient (Wildman–Crippen LogP) is 0.714. The number of nitrogens with one attached hydrogen (secondary N) is 1. The summed E-state index contributed by atoms with van der Waals surface area (Å²) in [5.74, 6) is -0.00583. The number of carbonyl (C=O) groups excluding carboxylic acids is 1. The Bertz CT molecular complexity index is 216. The van der Waals surface area contributed by atoms with Crippen LogP contribution in [0.3, 0.4) is 0 Å². The van der Waals surface area contributed by atoms with E-state index in [9.17, 15) is 4.79 Å². The van der Waals surface area contributed by atoms with Crippen molar-refractivity contribution in [1.29, 1.82) is 0 Å². The van der Waals surface area contributed by atoms with Gasteiger partial charge in [-0.05, 0) is 25.8 Å². The molecule has 0 aromatic rings.